The van der Waals surface area contributed by atoms with Gasteiger partial charge in [0.15, 0.2) is 0 Å². The first-order chi connectivity index (χ1) is 12.2. The maximum absolute atomic E-state index is 12.7. The fourth-order valence-corrected chi connectivity index (χ4v) is 4.07. The van der Waals surface area contributed by atoms with Crippen LogP contribution in [-0.4, -0.2) is 22.6 Å². The van der Waals surface area contributed by atoms with Crippen molar-refractivity contribution < 1.29 is 9.21 Å². The number of carbonyl (C=O) groups is 1. The third-order valence-corrected chi connectivity index (χ3v) is 5.43. The summed E-state index contributed by atoms with van der Waals surface area (Å²) in [6.07, 6.45) is 2.81. The first-order valence-electron chi connectivity index (χ1n) is 8.14. The molecule has 5 nitrogen and oxygen atoms in total. The zero-order valence-electron chi connectivity index (χ0n) is 13.4. The van der Waals surface area contributed by atoms with E-state index < -0.39 is 0 Å². The summed E-state index contributed by atoms with van der Waals surface area (Å²) in [7, 11) is 0. The molecule has 0 atom stereocenters. The molecule has 0 unspecified atom stereocenters. The zero-order valence-corrected chi connectivity index (χ0v) is 15.8. The first-order valence-corrected chi connectivity index (χ1v) is 9.88. The molecule has 1 aromatic carbocycles. The standard InChI is InChI=1S/C18H16BrN3O2S/c19-14-3-4-15-12(10-14)2-1-8-22(15)17(23)6-5-16-20-21-18(24-16)13-7-9-25-11-13/h3-4,7,9-11H,1-2,5-6,8H2. The van der Waals surface area contributed by atoms with Crippen LogP contribution >= 0.6 is 27.3 Å². The highest BCUT2D eigenvalue weighted by atomic mass is 79.9. The number of hydrogen-bond acceptors (Lipinski definition) is 5. The second-order valence-corrected chi connectivity index (χ2v) is 7.63. The van der Waals surface area contributed by atoms with Crippen LogP contribution in [0.4, 0.5) is 5.69 Å². The van der Waals surface area contributed by atoms with Crippen LogP contribution in [0.3, 0.4) is 0 Å². The molecular formula is C18H16BrN3O2S. The van der Waals surface area contributed by atoms with Gasteiger partial charge in [-0.25, -0.2) is 0 Å². The Hall–Kier alpha value is -1.99. The molecule has 0 saturated carbocycles. The van der Waals surface area contributed by atoms with Crippen molar-refractivity contribution in [2.24, 2.45) is 0 Å². The molecule has 0 bridgehead atoms. The van der Waals surface area contributed by atoms with Crippen LogP contribution in [0.25, 0.3) is 11.5 Å². The minimum absolute atomic E-state index is 0.0959. The van der Waals surface area contributed by atoms with Crippen LogP contribution in [0.15, 0.2) is 43.9 Å². The summed E-state index contributed by atoms with van der Waals surface area (Å²) in [5.74, 6) is 1.11. The molecule has 0 saturated heterocycles. The van der Waals surface area contributed by atoms with Crippen molar-refractivity contribution in [3.63, 3.8) is 0 Å². The summed E-state index contributed by atoms with van der Waals surface area (Å²) in [6.45, 7) is 0.761. The zero-order chi connectivity index (χ0) is 17.2. The topological polar surface area (TPSA) is 59.2 Å². The number of amides is 1. The Bertz CT molecular complexity index is 892. The van der Waals surface area contributed by atoms with Crippen molar-refractivity contribution in [2.75, 3.05) is 11.4 Å². The maximum Gasteiger partial charge on any atom is 0.248 e. The highest BCUT2D eigenvalue weighted by Crippen LogP contribution is 2.30. The van der Waals surface area contributed by atoms with Gasteiger partial charge in [-0.05, 0) is 48.1 Å². The van der Waals surface area contributed by atoms with Crippen molar-refractivity contribution in [1.29, 1.82) is 0 Å². The van der Waals surface area contributed by atoms with Gasteiger partial charge in [-0.2, -0.15) is 11.3 Å². The molecule has 1 amide bonds. The smallest absolute Gasteiger partial charge is 0.248 e. The minimum Gasteiger partial charge on any atom is -0.421 e. The molecule has 0 fully saturated rings. The summed E-state index contributed by atoms with van der Waals surface area (Å²) < 4.78 is 6.71. The van der Waals surface area contributed by atoms with Gasteiger partial charge in [0.05, 0.1) is 0 Å². The van der Waals surface area contributed by atoms with Crippen molar-refractivity contribution in [1.82, 2.24) is 10.2 Å². The lowest BCUT2D eigenvalue weighted by molar-refractivity contribution is -0.118. The van der Waals surface area contributed by atoms with E-state index in [4.69, 9.17) is 4.42 Å². The fraction of sp³-hybridized carbons (Fsp3) is 0.278. The number of fused-ring (bicyclic) bond motifs is 1. The molecule has 0 radical (unpaired) electrons. The highest BCUT2D eigenvalue weighted by molar-refractivity contribution is 9.10. The Morgan fingerprint density at radius 2 is 2.24 bits per heavy atom. The SMILES string of the molecule is O=C(CCc1nnc(-c2ccsc2)o1)N1CCCc2cc(Br)ccc21. The largest absolute Gasteiger partial charge is 0.421 e. The van der Waals surface area contributed by atoms with Crippen LogP contribution in [0.2, 0.25) is 0 Å². The molecule has 2 aromatic heterocycles. The second-order valence-electron chi connectivity index (χ2n) is 5.93. The number of carbonyl (C=O) groups excluding carboxylic acids is 1. The molecule has 0 spiro atoms. The lowest BCUT2D eigenvalue weighted by Gasteiger charge is -2.29. The normalized spacial score (nSPS) is 13.7. The molecule has 3 aromatic rings. The van der Waals surface area contributed by atoms with Gasteiger partial charge in [0.25, 0.3) is 0 Å². The van der Waals surface area contributed by atoms with Gasteiger partial charge >= 0.3 is 0 Å². The van der Waals surface area contributed by atoms with Crippen LogP contribution in [0.5, 0.6) is 0 Å². The second kappa shape index (κ2) is 7.09. The monoisotopic (exact) mass is 417 g/mol. The lowest BCUT2D eigenvalue weighted by Crippen LogP contribution is -2.35. The van der Waals surface area contributed by atoms with E-state index in [0.29, 0.717) is 24.6 Å². The number of aromatic nitrogens is 2. The number of nitrogens with zero attached hydrogens (tertiary/aromatic N) is 3. The number of thiophene rings is 1. The van der Waals surface area contributed by atoms with Crippen LogP contribution in [-0.2, 0) is 17.6 Å². The average Bonchev–Trinajstić information content (AvgIpc) is 3.30. The average molecular weight is 418 g/mol. The molecule has 128 valence electrons. The Balaban J connectivity index is 1.43. The summed E-state index contributed by atoms with van der Waals surface area (Å²) in [6, 6.07) is 8.03. The Morgan fingerprint density at radius 3 is 3.08 bits per heavy atom. The number of halogens is 1. The summed E-state index contributed by atoms with van der Waals surface area (Å²) in [5.41, 5.74) is 3.15. The van der Waals surface area contributed by atoms with Crippen molar-refractivity contribution in [3.8, 4) is 11.5 Å². The quantitative estimate of drug-likeness (QED) is 0.627. The van der Waals surface area contributed by atoms with Crippen LogP contribution in [0, 0.1) is 0 Å². The van der Waals surface area contributed by atoms with Gasteiger partial charge in [0.1, 0.15) is 0 Å². The summed E-state index contributed by atoms with van der Waals surface area (Å²) in [4.78, 5) is 14.6. The third-order valence-electron chi connectivity index (χ3n) is 4.25. The van der Waals surface area contributed by atoms with Crippen molar-refractivity contribution in [2.45, 2.75) is 25.7 Å². The Labute approximate surface area is 157 Å². The molecule has 0 N–H and O–H groups in total. The number of hydrogen-bond donors (Lipinski definition) is 0. The van der Waals surface area contributed by atoms with Gasteiger partial charge in [-0.3, -0.25) is 4.79 Å². The van der Waals surface area contributed by atoms with Crippen LogP contribution in [0.1, 0.15) is 24.3 Å². The highest BCUT2D eigenvalue weighted by Gasteiger charge is 2.23. The first kappa shape index (κ1) is 16.5. The Morgan fingerprint density at radius 1 is 1.32 bits per heavy atom. The lowest BCUT2D eigenvalue weighted by atomic mass is 10.0. The molecular weight excluding hydrogens is 402 g/mol. The van der Waals surface area contributed by atoms with Gasteiger partial charge in [-0.1, -0.05) is 15.9 Å². The van der Waals surface area contributed by atoms with Crippen LogP contribution < -0.4 is 4.90 Å². The van der Waals surface area contributed by atoms with E-state index in [-0.39, 0.29) is 5.91 Å². The van der Waals surface area contributed by atoms with E-state index >= 15 is 0 Å². The summed E-state index contributed by atoms with van der Waals surface area (Å²) in [5, 5.41) is 12.0. The number of benzene rings is 1. The van der Waals surface area contributed by atoms with E-state index in [0.717, 1.165) is 35.1 Å². The van der Waals surface area contributed by atoms with Gasteiger partial charge < -0.3 is 9.32 Å². The maximum atomic E-state index is 12.7. The molecule has 1 aliphatic rings. The van der Waals surface area contributed by atoms with E-state index in [9.17, 15) is 4.79 Å². The molecule has 25 heavy (non-hydrogen) atoms. The summed E-state index contributed by atoms with van der Waals surface area (Å²) >= 11 is 5.08. The van der Waals surface area contributed by atoms with E-state index in [1.165, 1.54) is 5.56 Å². The van der Waals surface area contributed by atoms with Gasteiger partial charge in [0.2, 0.25) is 17.7 Å². The van der Waals surface area contributed by atoms with Gasteiger partial charge in [-0.15, -0.1) is 10.2 Å². The molecule has 7 heteroatoms. The fourth-order valence-electron chi connectivity index (χ4n) is 3.03. The third kappa shape index (κ3) is 3.52. The molecule has 1 aliphatic heterocycles. The predicted molar refractivity (Wildman–Crippen MR) is 101 cm³/mol. The minimum atomic E-state index is 0.0959. The van der Waals surface area contributed by atoms with Crippen molar-refractivity contribution >= 4 is 38.9 Å². The Kier molecular flexibility index (Phi) is 4.67. The van der Waals surface area contributed by atoms with E-state index in [1.807, 2.05) is 33.9 Å². The number of aryl methyl sites for hydroxylation is 2. The number of anilines is 1. The predicted octanol–water partition coefficient (Wildman–Crippen LogP) is 4.47. The molecule has 0 aliphatic carbocycles. The molecule has 4 rings (SSSR count). The van der Waals surface area contributed by atoms with E-state index in [1.54, 1.807) is 11.3 Å². The van der Waals surface area contributed by atoms with Crippen molar-refractivity contribution in [3.05, 3.63) is 51.0 Å². The molecule has 3 heterocycles. The van der Waals surface area contributed by atoms with Gasteiger partial charge in [0, 0.05) is 40.5 Å². The number of rotatable bonds is 4. The van der Waals surface area contributed by atoms with E-state index in [2.05, 4.69) is 32.2 Å².